The smallest absolute Gasteiger partial charge is 0.224 e. The highest BCUT2D eigenvalue weighted by molar-refractivity contribution is 6.28. The summed E-state index contributed by atoms with van der Waals surface area (Å²) >= 11 is 5.75. The van der Waals surface area contributed by atoms with Crippen LogP contribution in [0, 0.1) is 6.92 Å². The molecule has 84 valence electrons. The van der Waals surface area contributed by atoms with Crippen molar-refractivity contribution < 1.29 is 4.74 Å². The molecule has 0 spiro atoms. The molecule has 0 bridgehead atoms. The predicted octanol–water partition coefficient (Wildman–Crippen LogP) is 1.91. The van der Waals surface area contributed by atoms with Gasteiger partial charge in [-0.2, -0.15) is 0 Å². The predicted molar refractivity (Wildman–Crippen MR) is 61.5 cm³/mol. The molecule has 0 aliphatic carbocycles. The number of anilines is 1. The molecule has 0 saturated carbocycles. The van der Waals surface area contributed by atoms with E-state index in [2.05, 4.69) is 14.9 Å². The highest BCUT2D eigenvalue weighted by Crippen LogP contribution is 2.16. The molecule has 0 N–H and O–H groups in total. The summed E-state index contributed by atoms with van der Waals surface area (Å²) < 4.78 is 5.00. The quantitative estimate of drug-likeness (QED) is 0.571. The molecule has 1 aromatic heterocycles. The Balaban J connectivity index is 2.64. The zero-order chi connectivity index (χ0) is 11.3. The lowest BCUT2D eigenvalue weighted by atomic mass is 10.3. The normalized spacial score (nSPS) is 10.4. The average Bonchev–Trinajstić information content (AvgIpc) is 2.22. The lowest BCUT2D eigenvalue weighted by Crippen LogP contribution is -2.22. The van der Waals surface area contributed by atoms with Gasteiger partial charge in [-0.05, 0) is 24.9 Å². The van der Waals surface area contributed by atoms with E-state index < -0.39 is 0 Å². The second-order valence-electron chi connectivity index (χ2n) is 3.41. The molecule has 0 fully saturated rings. The second kappa shape index (κ2) is 5.88. The number of aryl methyl sites for hydroxylation is 1. The van der Waals surface area contributed by atoms with Gasteiger partial charge in [0, 0.05) is 39.1 Å². The van der Waals surface area contributed by atoms with Crippen molar-refractivity contribution >= 4 is 17.4 Å². The summed E-state index contributed by atoms with van der Waals surface area (Å²) in [5.41, 5.74) is 1.03. The van der Waals surface area contributed by atoms with Gasteiger partial charge in [0.25, 0.3) is 0 Å². The highest BCUT2D eigenvalue weighted by Gasteiger charge is 2.07. The van der Waals surface area contributed by atoms with E-state index in [4.69, 9.17) is 16.3 Å². The summed E-state index contributed by atoms with van der Waals surface area (Å²) in [4.78, 5) is 10.2. The van der Waals surface area contributed by atoms with Crippen LogP contribution in [0.15, 0.2) is 6.20 Å². The van der Waals surface area contributed by atoms with Crippen molar-refractivity contribution in [2.24, 2.45) is 0 Å². The van der Waals surface area contributed by atoms with E-state index in [0.29, 0.717) is 0 Å². The Kier molecular flexibility index (Phi) is 4.78. The summed E-state index contributed by atoms with van der Waals surface area (Å²) in [7, 11) is 3.69. The molecule has 1 rings (SSSR count). The third kappa shape index (κ3) is 3.64. The highest BCUT2D eigenvalue weighted by atomic mass is 35.5. The van der Waals surface area contributed by atoms with Gasteiger partial charge in [-0.25, -0.2) is 9.97 Å². The molecule has 5 heteroatoms. The molecule has 0 unspecified atom stereocenters. The molecule has 0 saturated heterocycles. The third-order valence-corrected chi connectivity index (χ3v) is 2.30. The maximum atomic E-state index is 5.75. The zero-order valence-electron chi connectivity index (χ0n) is 9.33. The average molecular weight is 230 g/mol. The second-order valence-corrected chi connectivity index (χ2v) is 3.75. The van der Waals surface area contributed by atoms with Crippen molar-refractivity contribution in [1.82, 2.24) is 9.97 Å². The van der Waals surface area contributed by atoms with Crippen molar-refractivity contribution in [2.75, 3.05) is 32.2 Å². The molecule has 4 nitrogen and oxygen atoms in total. The fourth-order valence-corrected chi connectivity index (χ4v) is 1.48. The van der Waals surface area contributed by atoms with Gasteiger partial charge in [-0.3, -0.25) is 0 Å². The first kappa shape index (κ1) is 12.2. The van der Waals surface area contributed by atoms with Crippen molar-refractivity contribution in [2.45, 2.75) is 13.3 Å². The number of hydrogen-bond donors (Lipinski definition) is 0. The molecule has 1 heterocycles. The van der Waals surface area contributed by atoms with Gasteiger partial charge in [0.05, 0.1) is 0 Å². The van der Waals surface area contributed by atoms with Crippen LogP contribution >= 0.6 is 11.6 Å². The molecule has 0 aromatic carbocycles. The van der Waals surface area contributed by atoms with Gasteiger partial charge in [0.15, 0.2) is 0 Å². The molecule has 1 aromatic rings. The zero-order valence-corrected chi connectivity index (χ0v) is 10.1. The Morgan fingerprint density at radius 1 is 1.53 bits per heavy atom. The van der Waals surface area contributed by atoms with E-state index in [0.717, 1.165) is 31.0 Å². The molecule has 0 atom stereocenters. The summed E-state index contributed by atoms with van der Waals surface area (Å²) in [6.07, 6.45) is 2.70. The SMILES string of the molecule is COCCCN(C)c1nc(Cl)ncc1C. The Morgan fingerprint density at radius 2 is 2.27 bits per heavy atom. The Hall–Kier alpha value is -0.870. The van der Waals surface area contributed by atoms with Crippen LogP contribution in [-0.2, 0) is 4.74 Å². The number of halogens is 1. The maximum absolute atomic E-state index is 5.75. The van der Waals surface area contributed by atoms with Gasteiger partial charge in [-0.1, -0.05) is 0 Å². The van der Waals surface area contributed by atoms with Crippen LogP contribution < -0.4 is 4.90 Å². The van der Waals surface area contributed by atoms with Crippen LogP contribution in [0.1, 0.15) is 12.0 Å². The number of nitrogens with zero attached hydrogens (tertiary/aromatic N) is 3. The van der Waals surface area contributed by atoms with Crippen LogP contribution in [0.25, 0.3) is 0 Å². The molecule has 0 radical (unpaired) electrons. The summed E-state index contributed by atoms with van der Waals surface area (Å²) in [5, 5.41) is 0.286. The number of hydrogen-bond acceptors (Lipinski definition) is 4. The van der Waals surface area contributed by atoms with E-state index in [1.165, 1.54) is 0 Å². The standard InChI is InChI=1S/C10H16ClN3O/c1-8-7-12-10(11)13-9(8)14(2)5-4-6-15-3/h7H,4-6H2,1-3H3. The summed E-state index contributed by atoms with van der Waals surface area (Å²) in [6, 6.07) is 0. The number of ether oxygens (including phenoxy) is 1. The van der Waals surface area contributed by atoms with E-state index in [9.17, 15) is 0 Å². The Bertz CT molecular complexity index is 320. The topological polar surface area (TPSA) is 38.2 Å². The number of rotatable bonds is 5. The van der Waals surface area contributed by atoms with Crippen molar-refractivity contribution in [3.05, 3.63) is 17.0 Å². The molecule has 0 aliphatic heterocycles. The molecular weight excluding hydrogens is 214 g/mol. The van der Waals surface area contributed by atoms with Gasteiger partial charge in [-0.15, -0.1) is 0 Å². The molecule has 15 heavy (non-hydrogen) atoms. The minimum Gasteiger partial charge on any atom is -0.385 e. The first-order chi connectivity index (χ1) is 7.15. The number of aromatic nitrogens is 2. The van der Waals surface area contributed by atoms with Crippen LogP contribution in [-0.4, -0.2) is 37.3 Å². The molecular formula is C10H16ClN3O. The van der Waals surface area contributed by atoms with Gasteiger partial charge in [0.2, 0.25) is 5.28 Å². The molecule has 0 amide bonds. The lowest BCUT2D eigenvalue weighted by Gasteiger charge is -2.19. The largest absolute Gasteiger partial charge is 0.385 e. The van der Waals surface area contributed by atoms with Crippen LogP contribution in [0.5, 0.6) is 0 Å². The lowest BCUT2D eigenvalue weighted by molar-refractivity contribution is 0.196. The van der Waals surface area contributed by atoms with Crippen molar-refractivity contribution in [3.63, 3.8) is 0 Å². The van der Waals surface area contributed by atoms with Gasteiger partial charge in [0.1, 0.15) is 5.82 Å². The van der Waals surface area contributed by atoms with Crippen molar-refractivity contribution in [3.8, 4) is 0 Å². The Morgan fingerprint density at radius 3 is 2.93 bits per heavy atom. The van der Waals surface area contributed by atoms with E-state index in [1.807, 2.05) is 14.0 Å². The van der Waals surface area contributed by atoms with Crippen LogP contribution in [0.4, 0.5) is 5.82 Å². The fourth-order valence-electron chi connectivity index (χ4n) is 1.35. The van der Waals surface area contributed by atoms with E-state index in [1.54, 1.807) is 13.3 Å². The fraction of sp³-hybridized carbons (Fsp3) is 0.600. The third-order valence-electron chi connectivity index (χ3n) is 2.12. The summed E-state index contributed by atoms with van der Waals surface area (Å²) in [5.74, 6) is 0.881. The maximum Gasteiger partial charge on any atom is 0.224 e. The minimum atomic E-state index is 0.286. The van der Waals surface area contributed by atoms with Crippen LogP contribution in [0.2, 0.25) is 5.28 Å². The summed E-state index contributed by atoms with van der Waals surface area (Å²) in [6.45, 7) is 3.61. The first-order valence-electron chi connectivity index (χ1n) is 4.84. The Labute approximate surface area is 95.2 Å². The van der Waals surface area contributed by atoms with Crippen molar-refractivity contribution in [1.29, 1.82) is 0 Å². The molecule has 0 aliphatic rings. The van der Waals surface area contributed by atoms with Crippen LogP contribution in [0.3, 0.4) is 0 Å². The van der Waals surface area contributed by atoms with Gasteiger partial charge >= 0.3 is 0 Å². The van der Waals surface area contributed by atoms with E-state index >= 15 is 0 Å². The van der Waals surface area contributed by atoms with E-state index in [-0.39, 0.29) is 5.28 Å². The first-order valence-corrected chi connectivity index (χ1v) is 5.22. The minimum absolute atomic E-state index is 0.286. The monoisotopic (exact) mass is 229 g/mol. The van der Waals surface area contributed by atoms with Gasteiger partial charge < -0.3 is 9.64 Å². The number of methoxy groups -OCH3 is 1.